The van der Waals surface area contributed by atoms with Crippen molar-refractivity contribution in [3.63, 3.8) is 0 Å². The summed E-state index contributed by atoms with van der Waals surface area (Å²) in [4.78, 5) is 0. The van der Waals surface area contributed by atoms with E-state index in [2.05, 4.69) is 21.7 Å². The summed E-state index contributed by atoms with van der Waals surface area (Å²) in [5.41, 5.74) is 6.05. The molecule has 1 aliphatic heterocycles. The van der Waals surface area contributed by atoms with Gasteiger partial charge in [-0.05, 0) is 32.6 Å². The predicted molar refractivity (Wildman–Crippen MR) is 57.6 cm³/mol. The number of hydrogen-bond donors (Lipinski definition) is 1. The van der Waals surface area contributed by atoms with E-state index in [4.69, 9.17) is 5.73 Å². The average Bonchev–Trinajstić information content (AvgIpc) is 2.97. The van der Waals surface area contributed by atoms with Crippen LogP contribution in [0.1, 0.15) is 56.2 Å². The van der Waals surface area contributed by atoms with Crippen LogP contribution in [0.2, 0.25) is 0 Å². The van der Waals surface area contributed by atoms with Gasteiger partial charge >= 0.3 is 0 Å². The first-order valence-electron chi connectivity index (χ1n) is 5.96. The highest BCUT2D eigenvalue weighted by molar-refractivity contribution is 5.12. The van der Waals surface area contributed by atoms with Gasteiger partial charge in [-0.1, -0.05) is 0 Å². The molecule has 1 aromatic rings. The summed E-state index contributed by atoms with van der Waals surface area (Å²) in [6.45, 7) is 2.09. The molecule has 2 aliphatic rings. The van der Waals surface area contributed by atoms with E-state index in [0.717, 1.165) is 12.2 Å². The van der Waals surface area contributed by atoms with Gasteiger partial charge in [0.2, 0.25) is 0 Å². The average molecular weight is 206 g/mol. The van der Waals surface area contributed by atoms with Gasteiger partial charge in [-0.2, -0.15) is 0 Å². The highest BCUT2D eigenvalue weighted by atomic mass is 15.3. The number of aryl methyl sites for hydroxylation is 1. The van der Waals surface area contributed by atoms with Crippen LogP contribution in [0, 0.1) is 0 Å². The summed E-state index contributed by atoms with van der Waals surface area (Å²) in [5.74, 6) is 3.03. The lowest BCUT2D eigenvalue weighted by Gasteiger charge is -2.29. The van der Waals surface area contributed by atoms with Gasteiger partial charge in [-0.25, -0.2) is 0 Å². The molecule has 15 heavy (non-hydrogen) atoms. The van der Waals surface area contributed by atoms with Crippen molar-refractivity contribution in [1.29, 1.82) is 0 Å². The molecule has 1 aromatic heterocycles. The standard InChI is InChI=1S/C11H18N4/c1-7(12)9-3-2-4-10-13-14-11(15(9)10)8-5-6-8/h7-9H,2-6,12H2,1H3. The molecule has 2 atom stereocenters. The largest absolute Gasteiger partial charge is 0.326 e. The van der Waals surface area contributed by atoms with Crippen molar-refractivity contribution < 1.29 is 0 Å². The van der Waals surface area contributed by atoms with Gasteiger partial charge in [0.25, 0.3) is 0 Å². The van der Waals surface area contributed by atoms with Crippen molar-refractivity contribution in [2.24, 2.45) is 5.73 Å². The molecular formula is C11H18N4. The molecule has 4 nitrogen and oxygen atoms in total. The van der Waals surface area contributed by atoms with Gasteiger partial charge in [0, 0.05) is 18.4 Å². The first kappa shape index (κ1) is 9.33. The van der Waals surface area contributed by atoms with Crippen molar-refractivity contribution in [1.82, 2.24) is 14.8 Å². The lowest BCUT2D eigenvalue weighted by Crippen LogP contribution is -2.33. The molecule has 2 unspecified atom stereocenters. The zero-order valence-corrected chi connectivity index (χ0v) is 9.19. The molecule has 0 saturated heterocycles. The fraction of sp³-hybridized carbons (Fsp3) is 0.818. The van der Waals surface area contributed by atoms with Gasteiger partial charge in [0.05, 0.1) is 6.04 Å². The summed E-state index contributed by atoms with van der Waals surface area (Å²) in [5, 5.41) is 8.66. The monoisotopic (exact) mass is 206 g/mol. The Morgan fingerprint density at radius 2 is 2.13 bits per heavy atom. The minimum Gasteiger partial charge on any atom is -0.326 e. The molecule has 0 bridgehead atoms. The molecule has 0 amide bonds. The Morgan fingerprint density at radius 1 is 1.33 bits per heavy atom. The number of rotatable bonds is 2. The zero-order valence-electron chi connectivity index (χ0n) is 9.19. The Morgan fingerprint density at radius 3 is 2.80 bits per heavy atom. The van der Waals surface area contributed by atoms with Crippen molar-refractivity contribution >= 4 is 0 Å². The van der Waals surface area contributed by atoms with E-state index < -0.39 is 0 Å². The third-order valence-corrected chi connectivity index (χ3v) is 3.57. The molecule has 0 radical (unpaired) electrons. The van der Waals surface area contributed by atoms with Crippen molar-refractivity contribution in [3.05, 3.63) is 11.6 Å². The Bertz CT molecular complexity index is 365. The third-order valence-electron chi connectivity index (χ3n) is 3.57. The normalized spacial score (nSPS) is 27.5. The van der Waals surface area contributed by atoms with Crippen LogP contribution in [0.5, 0.6) is 0 Å². The highest BCUT2D eigenvalue weighted by Gasteiger charge is 2.34. The molecule has 1 aliphatic carbocycles. The molecule has 4 heteroatoms. The maximum absolute atomic E-state index is 6.05. The van der Waals surface area contributed by atoms with Crippen LogP contribution < -0.4 is 5.73 Å². The van der Waals surface area contributed by atoms with Gasteiger partial charge in [-0.3, -0.25) is 0 Å². The smallest absolute Gasteiger partial charge is 0.136 e. The summed E-state index contributed by atoms with van der Waals surface area (Å²) in [6.07, 6.45) is 6.02. The van der Waals surface area contributed by atoms with Crippen LogP contribution in [0.3, 0.4) is 0 Å². The third kappa shape index (κ3) is 1.47. The molecule has 0 aromatic carbocycles. The van der Waals surface area contributed by atoms with Gasteiger partial charge in [0.15, 0.2) is 0 Å². The Hall–Kier alpha value is -0.900. The maximum Gasteiger partial charge on any atom is 0.136 e. The van der Waals surface area contributed by atoms with Crippen LogP contribution in [-0.4, -0.2) is 20.8 Å². The fourth-order valence-electron chi connectivity index (χ4n) is 2.59. The molecule has 3 rings (SSSR count). The highest BCUT2D eigenvalue weighted by Crippen LogP contribution is 2.41. The Kier molecular flexibility index (Phi) is 2.06. The molecular weight excluding hydrogens is 188 g/mol. The van der Waals surface area contributed by atoms with Gasteiger partial charge < -0.3 is 10.3 Å². The first-order chi connectivity index (χ1) is 7.27. The fourth-order valence-corrected chi connectivity index (χ4v) is 2.59. The SMILES string of the molecule is CC(N)C1CCCc2nnc(C3CC3)n21. The van der Waals surface area contributed by atoms with E-state index in [-0.39, 0.29) is 6.04 Å². The maximum atomic E-state index is 6.05. The molecule has 2 heterocycles. The number of fused-ring (bicyclic) bond motifs is 1. The number of nitrogens with zero attached hydrogens (tertiary/aromatic N) is 3. The number of hydrogen-bond acceptors (Lipinski definition) is 3. The van der Waals surface area contributed by atoms with Crippen molar-refractivity contribution in [3.8, 4) is 0 Å². The van der Waals surface area contributed by atoms with E-state index in [1.54, 1.807) is 0 Å². The van der Waals surface area contributed by atoms with E-state index in [0.29, 0.717) is 12.0 Å². The first-order valence-corrected chi connectivity index (χ1v) is 5.96. The van der Waals surface area contributed by atoms with Crippen molar-refractivity contribution in [2.75, 3.05) is 0 Å². The number of aromatic nitrogens is 3. The second-order valence-electron chi connectivity index (χ2n) is 4.94. The van der Waals surface area contributed by atoms with E-state index in [1.807, 2.05) is 0 Å². The predicted octanol–water partition coefficient (Wildman–Crippen LogP) is 1.38. The second kappa shape index (κ2) is 3.30. The van der Waals surface area contributed by atoms with E-state index in [9.17, 15) is 0 Å². The lowest BCUT2D eigenvalue weighted by atomic mass is 9.99. The zero-order chi connectivity index (χ0) is 10.4. The summed E-state index contributed by atoms with van der Waals surface area (Å²) in [6, 6.07) is 0.636. The van der Waals surface area contributed by atoms with Crippen LogP contribution in [0.15, 0.2) is 0 Å². The van der Waals surface area contributed by atoms with E-state index >= 15 is 0 Å². The van der Waals surface area contributed by atoms with Crippen LogP contribution in [0.4, 0.5) is 0 Å². The Balaban J connectivity index is 2.02. The molecule has 82 valence electrons. The minimum absolute atomic E-state index is 0.206. The summed E-state index contributed by atoms with van der Waals surface area (Å²) >= 11 is 0. The van der Waals surface area contributed by atoms with Crippen LogP contribution >= 0.6 is 0 Å². The molecule has 2 N–H and O–H groups in total. The van der Waals surface area contributed by atoms with Crippen LogP contribution in [-0.2, 0) is 6.42 Å². The molecule has 0 spiro atoms. The Labute approximate surface area is 89.9 Å². The lowest BCUT2D eigenvalue weighted by molar-refractivity contribution is 0.341. The second-order valence-corrected chi connectivity index (χ2v) is 4.94. The molecule has 1 fully saturated rings. The molecule has 1 saturated carbocycles. The quantitative estimate of drug-likeness (QED) is 0.795. The summed E-state index contributed by atoms with van der Waals surface area (Å²) in [7, 11) is 0. The summed E-state index contributed by atoms with van der Waals surface area (Å²) < 4.78 is 2.34. The van der Waals surface area contributed by atoms with Gasteiger partial charge in [0.1, 0.15) is 11.6 Å². The van der Waals surface area contributed by atoms with E-state index in [1.165, 1.54) is 31.5 Å². The minimum atomic E-state index is 0.206. The number of nitrogens with two attached hydrogens (primary N) is 1. The van der Waals surface area contributed by atoms with Gasteiger partial charge in [-0.15, -0.1) is 10.2 Å². The topological polar surface area (TPSA) is 56.7 Å². The van der Waals surface area contributed by atoms with Crippen LogP contribution in [0.25, 0.3) is 0 Å². The van der Waals surface area contributed by atoms with Crippen molar-refractivity contribution in [2.45, 2.75) is 57.0 Å².